The molecule has 6 heteroatoms. The number of para-hydroxylation sites is 5. The minimum absolute atomic E-state index is 0.529. The van der Waals surface area contributed by atoms with Crippen LogP contribution in [0.1, 0.15) is 16.7 Å². The number of nitrogens with one attached hydrogen (secondary N) is 1. The van der Waals surface area contributed by atoms with E-state index in [0.717, 1.165) is 61.0 Å². The van der Waals surface area contributed by atoms with E-state index in [0.29, 0.717) is 10.5 Å². The molecule has 0 aliphatic rings. The topological polar surface area (TPSA) is 47.4 Å². The molecule has 0 radical (unpaired) electrons. The molecule has 0 aliphatic carbocycles. The summed E-state index contributed by atoms with van der Waals surface area (Å²) in [5.74, 6) is 0.662. The van der Waals surface area contributed by atoms with Gasteiger partial charge in [-0.2, -0.15) is 0 Å². The number of hydrogen-bond donors (Lipinski definition) is 1. The summed E-state index contributed by atoms with van der Waals surface area (Å²) >= 11 is 5.62. The molecule has 274 valence electrons. The molecule has 0 atom stereocenters. The van der Waals surface area contributed by atoms with Gasteiger partial charge in [-0.3, -0.25) is 0 Å². The summed E-state index contributed by atoms with van der Waals surface area (Å²) in [6.45, 7) is 1.95. The Bertz CT molecular complexity index is 3360. The van der Waals surface area contributed by atoms with Crippen molar-refractivity contribution in [3.63, 3.8) is 0 Å². The van der Waals surface area contributed by atoms with Crippen LogP contribution in [0.2, 0.25) is 0 Å². The summed E-state index contributed by atoms with van der Waals surface area (Å²) in [4.78, 5) is 5.02. The number of amidine groups is 1. The summed E-state index contributed by atoms with van der Waals surface area (Å²) in [5, 5.41) is 10.5. The van der Waals surface area contributed by atoms with Gasteiger partial charge in [0.25, 0.3) is 0 Å². The van der Waals surface area contributed by atoms with E-state index in [4.69, 9.17) is 24.4 Å². The summed E-state index contributed by atoms with van der Waals surface area (Å²) in [7, 11) is 0. The average molecular weight is 777 g/mol. The van der Waals surface area contributed by atoms with E-state index >= 15 is 0 Å². The fraction of sp³-hybridized carbons (Fsp3) is 0. The van der Waals surface area contributed by atoms with Gasteiger partial charge in [0.1, 0.15) is 0 Å². The minimum atomic E-state index is 0.529. The van der Waals surface area contributed by atoms with Crippen molar-refractivity contribution in [2.24, 2.45) is 4.99 Å². The van der Waals surface area contributed by atoms with Crippen molar-refractivity contribution in [2.45, 2.75) is 0 Å². The molecule has 0 unspecified atom stereocenters. The van der Waals surface area contributed by atoms with E-state index in [-0.39, 0.29) is 0 Å². The van der Waals surface area contributed by atoms with Gasteiger partial charge >= 0.3 is 301 Å². The first-order chi connectivity index (χ1) is 28.2. The Morgan fingerprint density at radius 2 is 1.02 bits per heavy atom. The zero-order valence-electron chi connectivity index (χ0n) is 30.5. The normalized spacial score (nSPS) is 12.1. The zero-order valence-corrected chi connectivity index (χ0v) is 31.5. The summed E-state index contributed by atoms with van der Waals surface area (Å²) in [6.07, 6.45) is 0. The van der Waals surface area contributed by atoms with Crippen molar-refractivity contribution < 1.29 is 19.4 Å². The van der Waals surface area contributed by atoms with Gasteiger partial charge in [-0.15, -0.1) is 0 Å². The molecule has 11 aromatic rings. The molecular weight excluding hydrogens is 743 g/mol. The van der Waals surface area contributed by atoms with Crippen LogP contribution in [0.15, 0.2) is 197 Å². The van der Waals surface area contributed by atoms with Crippen LogP contribution < -0.4 is 5.32 Å². The van der Waals surface area contributed by atoms with Gasteiger partial charge in [0.15, 0.2) is 0 Å². The first-order valence-electron chi connectivity index (χ1n) is 19.0. The van der Waals surface area contributed by atoms with Crippen molar-refractivity contribution >= 4 is 76.0 Å². The van der Waals surface area contributed by atoms with Crippen LogP contribution in [0.25, 0.3) is 76.9 Å². The molecule has 0 saturated heterocycles. The number of nitrogens with zero attached hydrogens (tertiary/aromatic N) is 3. The molecule has 0 fully saturated rings. The van der Waals surface area contributed by atoms with Crippen molar-refractivity contribution in [3.8, 4) is 11.4 Å². The number of hydrogen-bond acceptors (Lipinski definition) is 2. The average Bonchev–Trinajstić information content (AvgIpc) is 3.92. The summed E-state index contributed by atoms with van der Waals surface area (Å²) in [6, 6.07) is 65.5. The van der Waals surface area contributed by atoms with Crippen LogP contribution in [-0.4, -0.2) is 19.6 Å². The Labute approximate surface area is 336 Å². The van der Waals surface area contributed by atoms with E-state index in [1.165, 1.54) is 32.6 Å². The van der Waals surface area contributed by atoms with Crippen molar-refractivity contribution in [1.29, 1.82) is 0 Å². The van der Waals surface area contributed by atoms with E-state index in [2.05, 4.69) is 142 Å². The first kappa shape index (κ1) is 33.2. The van der Waals surface area contributed by atoms with Crippen molar-refractivity contribution in [1.82, 2.24) is 14.5 Å². The number of aromatic nitrogens is 2. The third-order valence-electron chi connectivity index (χ3n) is 10.9. The Balaban J connectivity index is 0.974. The maximum atomic E-state index is 6.29. The quantitative estimate of drug-likeness (QED) is 0.0758. The number of benzene rings is 8. The Morgan fingerprint density at radius 1 is 0.474 bits per heavy atom. The molecule has 3 heterocycles. The second kappa shape index (κ2) is 13.6. The third-order valence-corrected chi connectivity index (χ3v) is 11.3. The van der Waals surface area contributed by atoms with Gasteiger partial charge in [0, 0.05) is 0 Å². The molecule has 0 bridgehead atoms. The molecule has 11 rings (SSSR count). The zero-order chi connectivity index (χ0) is 37.9. The Morgan fingerprint density at radius 3 is 1.68 bits per heavy atom. The van der Waals surface area contributed by atoms with Crippen LogP contribution in [0.5, 0.6) is 0 Å². The number of fused-ring (bicyclic) bond motifs is 9. The molecule has 0 spiro atoms. The van der Waals surface area contributed by atoms with Crippen LogP contribution in [0.3, 0.4) is 0 Å². The van der Waals surface area contributed by atoms with Crippen LogP contribution >= 0.6 is 0 Å². The van der Waals surface area contributed by atoms with E-state index in [1.54, 1.807) is 0 Å². The van der Waals surface area contributed by atoms with Gasteiger partial charge < -0.3 is 0 Å². The number of aliphatic imine (C=N–C) groups is 1. The molecule has 8 aromatic carbocycles. The standard InChI is InChI=1S/C51H33N4O.Ni/c1-3-14-35(15-4-1)51(53-33-36-16-13-22-42-41-21-9-12-25-49(41)56-50(36)42)52-32-34-26-28-38(29-27-34)55-46-24-11-8-20-40(46)44-30-47-43(31-48(44)55)39-19-7-10-23-45(39)54(47)37-17-5-2-6-18-37;/h1-31,33,53H;/q-1;. The van der Waals surface area contributed by atoms with E-state index in [9.17, 15) is 0 Å². The van der Waals surface area contributed by atoms with Gasteiger partial charge in [-0.25, -0.2) is 0 Å². The number of furan rings is 1. The molecular formula is C51H33N4NiO-. The monoisotopic (exact) mass is 775 g/mol. The van der Waals surface area contributed by atoms with Crippen molar-refractivity contribution in [2.75, 3.05) is 0 Å². The van der Waals surface area contributed by atoms with Gasteiger partial charge in [-0.05, 0) is 12.1 Å². The van der Waals surface area contributed by atoms with E-state index in [1.807, 2.05) is 67.2 Å². The third kappa shape index (κ3) is 5.57. The number of rotatable bonds is 7. The fourth-order valence-electron chi connectivity index (χ4n) is 8.26. The second-order valence-electron chi connectivity index (χ2n) is 14.2. The summed E-state index contributed by atoms with van der Waals surface area (Å²) in [5.41, 5.74) is 11.3. The van der Waals surface area contributed by atoms with Crippen LogP contribution in [-0.2, 0) is 15.0 Å². The van der Waals surface area contributed by atoms with Crippen molar-refractivity contribution in [3.05, 3.63) is 211 Å². The molecule has 0 saturated carbocycles. The van der Waals surface area contributed by atoms with Crippen LogP contribution in [0, 0.1) is 6.54 Å². The van der Waals surface area contributed by atoms with Crippen LogP contribution in [0.4, 0.5) is 0 Å². The SMILES string of the molecule is [Ni]=[C](N=C(N[CH-]c1cccc2c1oc1ccccc12)c1ccccc1)c1ccc(-n2c3ccccc3c3cc4c(cc32)c2ccccc2n4-c2ccccc2)cc1. The maximum absolute atomic E-state index is 6.29. The first-order valence-corrected chi connectivity index (χ1v) is 19.4. The van der Waals surface area contributed by atoms with Gasteiger partial charge in [-0.1, -0.05) is 24.3 Å². The molecule has 0 aliphatic heterocycles. The second-order valence-corrected chi connectivity index (χ2v) is 14.6. The molecule has 0 amide bonds. The fourth-order valence-corrected chi connectivity index (χ4v) is 8.54. The summed E-state index contributed by atoms with van der Waals surface area (Å²) < 4.78 is 11.6. The Hall–Kier alpha value is -7.14. The molecule has 5 nitrogen and oxygen atoms in total. The molecule has 57 heavy (non-hydrogen) atoms. The predicted octanol–water partition coefficient (Wildman–Crippen LogP) is 12.1. The van der Waals surface area contributed by atoms with E-state index < -0.39 is 0 Å². The van der Waals surface area contributed by atoms with Gasteiger partial charge in [0.2, 0.25) is 0 Å². The Kier molecular flexibility index (Phi) is 7.90. The predicted molar refractivity (Wildman–Crippen MR) is 232 cm³/mol. The molecule has 1 N–H and O–H groups in total. The van der Waals surface area contributed by atoms with Gasteiger partial charge in [0.05, 0.1) is 0 Å². The molecule has 3 aromatic heterocycles.